The number of rotatable bonds is 10. The lowest BCUT2D eigenvalue weighted by atomic mass is 10.2. The summed E-state index contributed by atoms with van der Waals surface area (Å²) in [7, 11) is 0. The summed E-state index contributed by atoms with van der Waals surface area (Å²) in [6, 6.07) is 20.4. The van der Waals surface area contributed by atoms with Crippen LogP contribution in [0.5, 0.6) is 0 Å². The molecule has 0 amide bonds. The van der Waals surface area contributed by atoms with Crippen LogP contribution >= 0.6 is 15.9 Å². The molecule has 0 bridgehead atoms. The molecule has 0 aliphatic rings. The maximum Gasteiger partial charge on any atom is 0.227 e. The number of hydrogen-bond donors (Lipinski definition) is 0. The van der Waals surface area contributed by atoms with Crippen LogP contribution in [0.1, 0.15) is 43.7 Å². The summed E-state index contributed by atoms with van der Waals surface area (Å²) in [6.45, 7) is 3.27. The molecule has 3 heteroatoms. The summed E-state index contributed by atoms with van der Waals surface area (Å²) in [4.78, 5) is 0. The van der Waals surface area contributed by atoms with Gasteiger partial charge in [-0.1, -0.05) is 80.4 Å². The zero-order valence-electron chi connectivity index (χ0n) is 13.7. The molecule has 0 N–H and O–H groups in total. The Morgan fingerprint density at radius 2 is 1.26 bits per heavy atom. The van der Waals surface area contributed by atoms with E-state index in [9.17, 15) is 0 Å². The van der Waals surface area contributed by atoms with Gasteiger partial charge in [0.25, 0.3) is 0 Å². The molecule has 0 aromatic heterocycles. The van der Waals surface area contributed by atoms with E-state index in [1.165, 1.54) is 12.8 Å². The van der Waals surface area contributed by atoms with Crippen LogP contribution in [0.15, 0.2) is 60.7 Å². The van der Waals surface area contributed by atoms with Crippen molar-refractivity contribution < 1.29 is 9.47 Å². The lowest BCUT2D eigenvalue weighted by Crippen LogP contribution is -2.28. The number of halogens is 1. The Morgan fingerprint density at radius 3 is 1.70 bits per heavy atom. The summed E-state index contributed by atoms with van der Waals surface area (Å²) in [6.07, 6.45) is 4.27. The van der Waals surface area contributed by atoms with Crippen molar-refractivity contribution in [3.8, 4) is 0 Å². The molecule has 0 radical (unpaired) electrons. The third-order valence-corrected chi connectivity index (χ3v) is 4.53. The standard InChI is InChI=1S/C20H25BrO2/c1-2-3-10-15-20(21,22-16-18-11-6-4-7-12-18)23-17-19-13-8-5-9-14-19/h4-9,11-14H,2-3,10,15-17H2,1H3. The van der Waals surface area contributed by atoms with Crippen LogP contribution in [-0.2, 0) is 22.7 Å². The number of alkyl halides is 1. The van der Waals surface area contributed by atoms with Gasteiger partial charge in [-0.3, -0.25) is 0 Å². The lowest BCUT2D eigenvalue weighted by molar-refractivity contribution is -0.184. The van der Waals surface area contributed by atoms with Crippen molar-refractivity contribution in [3.05, 3.63) is 71.8 Å². The minimum atomic E-state index is -0.728. The largest absolute Gasteiger partial charge is 0.336 e. The Balaban J connectivity index is 1.93. The first kappa shape index (κ1) is 18.2. The molecule has 0 spiro atoms. The van der Waals surface area contributed by atoms with E-state index in [1.54, 1.807) is 0 Å². The molecule has 2 aromatic rings. The predicted molar refractivity (Wildman–Crippen MR) is 98.3 cm³/mol. The summed E-state index contributed by atoms with van der Waals surface area (Å²) >= 11 is 3.69. The van der Waals surface area contributed by atoms with Crippen molar-refractivity contribution in [2.45, 2.75) is 50.5 Å². The van der Waals surface area contributed by atoms with E-state index in [0.717, 1.165) is 24.0 Å². The van der Waals surface area contributed by atoms with Crippen molar-refractivity contribution in [2.24, 2.45) is 0 Å². The predicted octanol–water partition coefficient (Wildman–Crippen LogP) is 6.05. The molecule has 23 heavy (non-hydrogen) atoms. The van der Waals surface area contributed by atoms with Gasteiger partial charge >= 0.3 is 0 Å². The highest BCUT2D eigenvalue weighted by molar-refractivity contribution is 9.10. The van der Waals surface area contributed by atoms with Crippen LogP contribution < -0.4 is 0 Å². The smallest absolute Gasteiger partial charge is 0.227 e. The van der Waals surface area contributed by atoms with E-state index in [1.807, 2.05) is 36.4 Å². The van der Waals surface area contributed by atoms with E-state index in [-0.39, 0.29) is 0 Å². The van der Waals surface area contributed by atoms with Crippen LogP contribution in [0.25, 0.3) is 0 Å². The van der Waals surface area contributed by atoms with E-state index >= 15 is 0 Å². The molecular weight excluding hydrogens is 352 g/mol. The van der Waals surface area contributed by atoms with Crippen molar-refractivity contribution in [1.29, 1.82) is 0 Å². The summed E-state index contributed by atoms with van der Waals surface area (Å²) in [5.74, 6) is 0. The fourth-order valence-electron chi connectivity index (χ4n) is 2.30. The normalized spacial score (nSPS) is 11.6. The van der Waals surface area contributed by atoms with Gasteiger partial charge in [0, 0.05) is 6.42 Å². The maximum absolute atomic E-state index is 6.08. The SMILES string of the molecule is CCCCCC(Br)(OCc1ccccc1)OCc1ccccc1. The first-order valence-corrected chi connectivity index (χ1v) is 9.06. The minimum absolute atomic E-state index is 0.535. The average molecular weight is 377 g/mol. The molecule has 0 aliphatic carbocycles. The fraction of sp³-hybridized carbons (Fsp3) is 0.400. The van der Waals surface area contributed by atoms with Gasteiger partial charge in [-0.05, 0) is 33.5 Å². The maximum atomic E-state index is 6.08. The highest BCUT2D eigenvalue weighted by Crippen LogP contribution is 2.31. The number of unbranched alkanes of at least 4 members (excludes halogenated alkanes) is 2. The molecule has 124 valence electrons. The summed E-state index contributed by atoms with van der Waals surface area (Å²) in [5, 5.41) is 0. The van der Waals surface area contributed by atoms with Crippen molar-refractivity contribution >= 4 is 15.9 Å². The number of hydrogen-bond acceptors (Lipinski definition) is 2. The Bertz CT molecular complexity index is 499. The molecule has 2 rings (SSSR count). The van der Waals surface area contributed by atoms with Crippen LogP contribution in [-0.4, -0.2) is 4.70 Å². The van der Waals surface area contributed by atoms with Crippen LogP contribution in [0.3, 0.4) is 0 Å². The molecular formula is C20H25BrO2. The first-order chi connectivity index (χ1) is 11.2. The molecule has 0 saturated carbocycles. The Hall–Kier alpha value is -1.16. The molecule has 0 heterocycles. The topological polar surface area (TPSA) is 18.5 Å². The molecule has 2 nitrogen and oxygen atoms in total. The van der Waals surface area contributed by atoms with Crippen molar-refractivity contribution in [1.82, 2.24) is 0 Å². The molecule has 0 fully saturated rings. The van der Waals surface area contributed by atoms with Gasteiger partial charge < -0.3 is 9.47 Å². The highest BCUT2D eigenvalue weighted by atomic mass is 79.9. The monoisotopic (exact) mass is 376 g/mol. The molecule has 0 saturated heterocycles. The van der Waals surface area contributed by atoms with E-state index in [4.69, 9.17) is 9.47 Å². The molecule has 0 aliphatic heterocycles. The molecule has 2 aromatic carbocycles. The Kier molecular flexibility index (Phi) is 7.80. The highest BCUT2D eigenvalue weighted by Gasteiger charge is 2.28. The van der Waals surface area contributed by atoms with E-state index in [0.29, 0.717) is 13.2 Å². The fourth-order valence-corrected chi connectivity index (χ4v) is 2.81. The zero-order chi connectivity index (χ0) is 16.4. The summed E-state index contributed by atoms with van der Waals surface area (Å²) < 4.78 is 11.4. The van der Waals surface area contributed by atoms with Gasteiger partial charge in [0.1, 0.15) is 0 Å². The van der Waals surface area contributed by atoms with Gasteiger partial charge in [-0.15, -0.1) is 0 Å². The number of ether oxygens (including phenoxy) is 2. The van der Waals surface area contributed by atoms with Gasteiger partial charge in [0.05, 0.1) is 13.2 Å². The quantitative estimate of drug-likeness (QED) is 0.285. The van der Waals surface area contributed by atoms with Crippen LogP contribution in [0.4, 0.5) is 0 Å². The Morgan fingerprint density at radius 1 is 0.783 bits per heavy atom. The van der Waals surface area contributed by atoms with E-state index in [2.05, 4.69) is 47.1 Å². The van der Waals surface area contributed by atoms with Crippen molar-refractivity contribution in [3.63, 3.8) is 0 Å². The minimum Gasteiger partial charge on any atom is -0.336 e. The average Bonchev–Trinajstić information content (AvgIpc) is 2.61. The molecule has 0 unspecified atom stereocenters. The third-order valence-electron chi connectivity index (χ3n) is 3.67. The Labute approximate surface area is 148 Å². The van der Waals surface area contributed by atoms with Gasteiger partial charge in [-0.25, -0.2) is 0 Å². The first-order valence-electron chi connectivity index (χ1n) is 8.26. The van der Waals surface area contributed by atoms with Gasteiger partial charge in [0.15, 0.2) is 0 Å². The second kappa shape index (κ2) is 9.86. The second-order valence-electron chi connectivity index (χ2n) is 5.67. The number of benzene rings is 2. The summed E-state index contributed by atoms with van der Waals surface area (Å²) in [5.41, 5.74) is 2.30. The van der Waals surface area contributed by atoms with Gasteiger partial charge in [0.2, 0.25) is 4.70 Å². The van der Waals surface area contributed by atoms with E-state index < -0.39 is 4.70 Å². The molecule has 0 atom stereocenters. The second-order valence-corrected chi connectivity index (χ2v) is 6.87. The lowest BCUT2D eigenvalue weighted by Gasteiger charge is -2.28. The van der Waals surface area contributed by atoms with Crippen LogP contribution in [0.2, 0.25) is 0 Å². The van der Waals surface area contributed by atoms with Crippen LogP contribution in [0, 0.1) is 0 Å². The third kappa shape index (κ3) is 6.86. The van der Waals surface area contributed by atoms with Gasteiger partial charge in [-0.2, -0.15) is 0 Å². The van der Waals surface area contributed by atoms with Crippen molar-refractivity contribution in [2.75, 3.05) is 0 Å². The zero-order valence-corrected chi connectivity index (χ0v) is 15.3.